The maximum absolute atomic E-state index is 12.8. The lowest BCUT2D eigenvalue weighted by Gasteiger charge is -2.24. The summed E-state index contributed by atoms with van der Waals surface area (Å²) in [6.07, 6.45) is 1.48. The number of rotatable bonds is 7. The lowest BCUT2D eigenvalue weighted by Crippen LogP contribution is -2.35. The first-order chi connectivity index (χ1) is 13.4. The number of amides is 1. The van der Waals surface area contributed by atoms with Crippen LogP contribution in [0.25, 0.3) is 5.76 Å². The van der Waals surface area contributed by atoms with Crippen LogP contribution in [-0.2, 0) is 9.59 Å². The second kappa shape index (κ2) is 8.31. The molecule has 28 heavy (non-hydrogen) atoms. The molecule has 1 unspecified atom stereocenters. The summed E-state index contributed by atoms with van der Waals surface area (Å²) >= 11 is 0. The van der Waals surface area contributed by atoms with E-state index in [1.54, 1.807) is 36.4 Å². The number of ketones is 1. The minimum absolute atomic E-state index is 0.0207. The molecule has 1 aliphatic heterocycles. The van der Waals surface area contributed by atoms with E-state index in [4.69, 9.17) is 9.15 Å². The molecule has 0 aliphatic carbocycles. The van der Waals surface area contributed by atoms with E-state index in [1.807, 2.05) is 25.9 Å². The molecule has 7 heteroatoms. The van der Waals surface area contributed by atoms with E-state index in [2.05, 4.69) is 0 Å². The van der Waals surface area contributed by atoms with Gasteiger partial charge in [-0.25, -0.2) is 0 Å². The molecule has 1 fully saturated rings. The Balaban J connectivity index is 2.08. The van der Waals surface area contributed by atoms with Gasteiger partial charge < -0.3 is 24.1 Å². The number of aliphatic hydroxyl groups excluding tert-OH is 1. The van der Waals surface area contributed by atoms with Crippen LogP contribution in [0.2, 0.25) is 0 Å². The molecule has 1 amide bonds. The fourth-order valence-corrected chi connectivity index (χ4v) is 3.22. The molecule has 0 saturated carbocycles. The van der Waals surface area contributed by atoms with Crippen molar-refractivity contribution >= 4 is 17.4 Å². The summed E-state index contributed by atoms with van der Waals surface area (Å²) in [5.41, 5.74) is 0.431. The molecular formula is C21H24N2O5. The average Bonchev–Trinajstić information content (AvgIpc) is 3.28. The Hall–Kier alpha value is -3.06. The highest BCUT2D eigenvalue weighted by atomic mass is 16.5. The molecule has 2 aromatic rings. The molecule has 1 atom stereocenters. The summed E-state index contributed by atoms with van der Waals surface area (Å²) in [5, 5.41) is 10.9. The number of carbonyl (C=O) groups is 2. The van der Waals surface area contributed by atoms with Crippen LogP contribution in [0.4, 0.5) is 0 Å². The number of likely N-dealkylation sites (tertiary alicyclic amines) is 1. The molecule has 1 aromatic carbocycles. The lowest BCUT2D eigenvalue weighted by atomic mass is 9.99. The Kier molecular flexibility index (Phi) is 5.84. The van der Waals surface area contributed by atoms with E-state index in [0.29, 0.717) is 36.8 Å². The summed E-state index contributed by atoms with van der Waals surface area (Å²) in [4.78, 5) is 28.8. The maximum Gasteiger partial charge on any atom is 0.295 e. The smallest absolute Gasteiger partial charge is 0.295 e. The fourth-order valence-electron chi connectivity index (χ4n) is 3.22. The van der Waals surface area contributed by atoms with Gasteiger partial charge in [-0.1, -0.05) is 12.1 Å². The Labute approximate surface area is 163 Å². The third-order valence-corrected chi connectivity index (χ3v) is 4.56. The van der Waals surface area contributed by atoms with Crippen molar-refractivity contribution in [1.82, 2.24) is 9.80 Å². The standard InChI is InChI=1S/C21H24N2O5/c1-4-27-15-8-5-7-14(13-15)19(24)17-18(16-9-6-12-28-16)23(11-10-22(2)3)21(26)20(17)25/h5-9,12-13,18,24H,4,10-11H2,1-3H3/b19-17-. The number of hydrogen-bond acceptors (Lipinski definition) is 6. The number of carbonyl (C=O) groups excluding carboxylic acids is 2. The molecule has 148 valence electrons. The zero-order valence-electron chi connectivity index (χ0n) is 16.2. The lowest BCUT2D eigenvalue weighted by molar-refractivity contribution is -0.140. The topological polar surface area (TPSA) is 83.2 Å². The van der Waals surface area contributed by atoms with Crippen molar-refractivity contribution in [1.29, 1.82) is 0 Å². The van der Waals surface area contributed by atoms with E-state index in [1.165, 1.54) is 11.2 Å². The fraction of sp³-hybridized carbons (Fsp3) is 0.333. The molecule has 0 spiro atoms. The van der Waals surface area contributed by atoms with Crippen LogP contribution in [-0.4, -0.2) is 60.4 Å². The zero-order valence-corrected chi connectivity index (χ0v) is 16.2. The van der Waals surface area contributed by atoms with E-state index >= 15 is 0 Å². The van der Waals surface area contributed by atoms with Gasteiger partial charge in [-0.2, -0.15) is 0 Å². The number of aliphatic hydroxyl groups is 1. The Morgan fingerprint density at radius 2 is 2.04 bits per heavy atom. The van der Waals surface area contributed by atoms with Crippen molar-refractivity contribution in [2.45, 2.75) is 13.0 Å². The minimum Gasteiger partial charge on any atom is -0.507 e. The average molecular weight is 384 g/mol. The Morgan fingerprint density at radius 3 is 2.68 bits per heavy atom. The van der Waals surface area contributed by atoms with Crippen LogP contribution in [0.5, 0.6) is 5.75 Å². The van der Waals surface area contributed by atoms with Crippen molar-refractivity contribution < 1.29 is 23.8 Å². The van der Waals surface area contributed by atoms with Gasteiger partial charge >= 0.3 is 0 Å². The van der Waals surface area contributed by atoms with Crippen molar-refractivity contribution in [2.24, 2.45) is 0 Å². The van der Waals surface area contributed by atoms with Crippen LogP contribution in [0.3, 0.4) is 0 Å². The van der Waals surface area contributed by atoms with E-state index in [0.717, 1.165) is 0 Å². The molecule has 0 radical (unpaired) electrons. The summed E-state index contributed by atoms with van der Waals surface area (Å²) in [5.74, 6) is -0.609. The number of benzene rings is 1. The van der Waals surface area contributed by atoms with Gasteiger partial charge in [-0.3, -0.25) is 9.59 Å². The minimum atomic E-state index is -0.773. The summed E-state index contributed by atoms with van der Waals surface area (Å²) in [6, 6.07) is 9.42. The summed E-state index contributed by atoms with van der Waals surface area (Å²) in [7, 11) is 3.77. The van der Waals surface area contributed by atoms with Gasteiger partial charge in [0.2, 0.25) is 0 Å². The van der Waals surface area contributed by atoms with E-state index < -0.39 is 17.7 Å². The van der Waals surface area contributed by atoms with Gasteiger partial charge in [-0.05, 0) is 45.3 Å². The second-order valence-corrected chi connectivity index (χ2v) is 6.77. The number of ether oxygens (including phenoxy) is 1. The van der Waals surface area contributed by atoms with Gasteiger partial charge in [-0.15, -0.1) is 0 Å². The Bertz CT molecular complexity index is 886. The molecule has 1 N–H and O–H groups in total. The number of furan rings is 1. The quantitative estimate of drug-likeness (QED) is 0.449. The van der Waals surface area contributed by atoms with Crippen LogP contribution in [0.15, 0.2) is 52.7 Å². The highest BCUT2D eigenvalue weighted by Crippen LogP contribution is 2.39. The number of nitrogens with zero attached hydrogens (tertiary/aromatic N) is 2. The van der Waals surface area contributed by atoms with Crippen molar-refractivity contribution in [3.05, 3.63) is 59.6 Å². The molecule has 1 aliphatic rings. The normalized spacial score (nSPS) is 18.9. The first-order valence-electron chi connectivity index (χ1n) is 9.13. The SMILES string of the molecule is CCOc1cccc(/C(O)=C2/C(=O)C(=O)N(CCN(C)C)C2c2ccco2)c1. The Morgan fingerprint density at radius 1 is 1.25 bits per heavy atom. The second-order valence-electron chi connectivity index (χ2n) is 6.77. The van der Waals surface area contributed by atoms with Gasteiger partial charge in [0.15, 0.2) is 0 Å². The van der Waals surface area contributed by atoms with Crippen molar-refractivity contribution in [3.8, 4) is 5.75 Å². The third-order valence-electron chi connectivity index (χ3n) is 4.56. The third kappa shape index (κ3) is 3.80. The zero-order chi connectivity index (χ0) is 20.3. The monoisotopic (exact) mass is 384 g/mol. The summed E-state index contributed by atoms with van der Waals surface area (Å²) in [6.45, 7) is 3.24. The molecule has 3 rings (SSSR count). The van der Waals surface area contributed by atoms with Crippen LogP contribution in [0, 0.1) is 0 Å². The highest BCUT2D eigenvalue weighted by molar-refractivity contribution is 6.46. The predicted octanol–water partition coefficient (Wildman–Crippen LogP) is 2.66. The number of likely N-dealkylation sites (N-methyl/N-ethyl adjacent to an activating group) is 1. The van der Waals surface area contributed by atoms with Crippen molar-refractivity contribution in [3.63, 3.8) is 0 Å². The first-order valence-corrected chi connectivity index (χ1v) is 9.13. The van der Waals surface area contributed by atoms with Gasteiger partial charge in [0.05, 0.1) is 18.4 Å². The highest BCUT2D eigenvalue weighted by Gasteiger charge is 2.47. The molecule has 7 nitrogen and oxygen atoms in total. The van der Waals surface area contributed by atoms with Crippen LogP contribution < -0.4 is 4.74 Å². The molecule has 1 saturated heterocycles. The van der Waals surface area contributed by atoms with Crippen molar-refractivity contribution in [2.75, 3.05) is 33.8 Å². The molecule has 0 bridgehead atoms. The van der Waals surface area contributed by atoms with E-state index in [-0.39, 0.29) is 11.3 Å². The predicted molar refractivity (Wildman–Crippen MR) is 104 cm³/mol. The molecular weight excluding hydrogens is 360 g/mol. The maximum atomic E-state index is 12.8. The number of Topliss-reactive ketones (excluding diaryl/α,β-unsaturated/α-hetero) is 1. The van der Waals surface area contributed by atoms with Crippen LogP contribution >= 0.6 is 0 Å². The van der Waals surface area contributed by atoms with E-state index in [9.17, 15) is 14.7 Å². The summed E-state index contributed by atoms with van der Waals surface area (Å²) < 4.78 is 11.0. The van der Waals surface area contributed by atoms with Gasteiger partial charge in [0, 0.05) is 18.7 Å². The number of hydrogen-bond donors (Lipinski definition) is 1. The van der Waals surface area contributed by atoms with Gasteiger partial charge in [0.1, 0.15) is 23.3 Å². The van der Waals surface area contributed by atoms with Crippen LogP contribution in [0.1, 0.15) is 24.3 Å². The molecule has 2 heterocycles. The first kappa shape index (κ1) is 19.7. The molecule has 1 aromatic heterocycles. The largest absolute Gasteiger partial charge is 0.507 e. The van der Waals surface area contributed by atoms with Gasteiger partial charge in [0.25, 0.3) is 11.7 Å².